The van der Waals surface area contributed by atoms with Crippen molar-refractivity contribution in [2.75, 3.05) is 18.0 Å². The van der Waals surface area contributed by atoms with Gasteiger partial charge in [0, 0.05) is 18.8 Å². The summed E-state index contributed by atoms with van der Waals surface area (Å²) < 4.78 is 0. The molecule has 1 fully saturated rings. The van der Waals surface area contributed by atoms with Crippen molar-refractivity contribution >= 4 is 5.95 Å². The molecule has 0 spiro atoms. The third kappa shape index (κ3) is 2.86. The second-order valence-electron chi connectivity index (χ2n) is 5.50. The third-order valence-corrected chi connectivity index (χ3v) is 4.56. The van der Waals surface area contributed by atoms with Crippen molar-refractivity contribution in [3.05, 3.63) is 17.5 Å². The van der Waals surface area contributed by atoms with Crippen LogP contribution in [-0.4, -0.2) is 23.1 Å². The Balaban J connectivity index is 2.14. The molecule has 1 aromatic heterocycles. The molecule has 1 saturated heterocycles. The maximum absolute atomic E-state index is 8.99. The van der Waals surface area contributed by atoms with Gasteiger partial charge in [-0.3, -0.25) is 0 Å². The van der Waals surface area contributed by atoms with E-state index >= 15 is 0 Å². The Morgan fingerprint density at radius 2 is 1.89 bits per heavy atom. The maximum atomic E-state index is 8.99. The molecule has 1 aliphatic heterocycles. The van der Waals surface area contributed by atoms with E-state index < -0.39 is 0 Å². The van der Waals surface area contributed by atoms with E-state index in [4.69, 9.17) is 5.26 Å². The minimum atomic E-state index is 0.463. The summed E-state index contributed by atoms with van der Waals surface area (Å²) in [4.78, 5) is 11.0. The predicted octanol–water partition coefficient (Wildman–Crippen LogP) is 3.06. The average Bonchev–Trinajstić information content (AvgIpc) is 2.46. The number of hydrogen-bond acceptors (Lipinski definition) is 4. The van der Waals surface area contributed by atoms with Crippen LogP contribution in [0.2, 0.25) is 0 Å². The monoisotopic (exact) mass is 258 g/mol. The number of rotatable bonds is 3. The molecule has 0 unspecified atom stereocenters. The van der Waals surface area contributed by atoms with Crippen LogP contribution in [0.15, 0.2) is 6.07 Å². The van der Waals surface area contributed by atoms with E-state index in [0.717, 1.165) is 24.7 Å². The fourth-order valence-corrected chi connectivity index (χ4v) is 2.89. The van der Waals surface area contributed by atoms with E-state index in [1.807, 2.05) is 6.92 Å². The van der Waals surface area contributed by atoms with E-state index in [1.165, 1.54) is 25.7 Å². The lowest BCUT2D eigenvalue weighted by atomic mass is 9.74. The smallest absolute Gasteiger partial charge is 0.226 e. The Morgan fingerprint density at radius 1 is 1.26 bits per heavy atom. The molecule has 0 amide bonds. The zero-order valence-electron chi connectivity index (χ0n) is 12.1. The van der Waals surface area contributed by atoms with Crippen LogP contribution >= 0.6 is 0 Å². The molecule has 0 bridgehead atoms. The minimum Gasteiger partial charge on any atom is -0.341 e. The van der Waals surface area contributed by atoms with Crippen molar-refractivity contribution in [1.82, 2.24) is 9.97 Å². The average molecular weight is 258 g/mol. The molecular weight excluding hydrogens is 236 g/mol. The molecule has 0 atom stereocenters. The normalized spacial score (nSPS) is 18.1. The number of anilines is 1. The van der Waals surface area contributed by atoms with E-state index in [0.29, 0.717) is 11.1 Å². The van der Waals surface area contributed by atoms with Crippen molar-refractivity contribution in [2.45, 2.75) is 46.5 Å². The van der Waals surface area contributed by atoms with Gasteiger partial charge in [-0.2, -0.15) is 5.26 Å². The molecule has 2 heterocycles. The van der Waals surface area contributed by atoms with Crippen LogP contribution in [0.1, 0.15) is 50.9 Å². The Hall–Kier alpha value is -1.63. The highest BCUT2D eigenvalue weighted by Gasteiger charge is 2.32. The second-order valence-corrected chi connectivity index (χ2v) is 5.50. The highest BCUT2D eigenvalue weighted by Crippen LogP contribution is 2.38. The fraction of sp³-hybridized carbons (Fsp3) is 0.667. The predicted molar refractivity (Wildman–Crippen MR) is 75.9 cm³/mol. The summed E-state index contributed by atoms with van der Waals surface area (Å²) in [7, 11) is 0. The highest BCUT2D eigenvalue weighted by molar-refractivity contribution is 5.36. The summed E-state index contributed by atoms with van der Waals surface area (Å²) >= 11 is 0. The molecule has 0 aromatic carbocycles. The van der Waals surface area contributed by atoms with Crippen molar-refractivity contribution in [1.29, 1.82) is 5.26 Å². The molecule has 0 N–H and O–H groups in total. The molecule has 2 rings (SSSR count). The van der Waals surface area contributed by atoms with Gasteiger partial charge in [0.2, 0.25) is 5.95 Å². The summed E-state index contributed by atoms with van der Waals surface area (Å²) in [5.41, 5.74) is 1.83. The minimum absolute atomic E-state index is 0.463. The lowest BCUT2D eigenvalue weighted by Gasteiger charge is -2.41. The Morgan fingerprint density at radius 3 is 2.42 bits per heavy atom. The lowest BCUT2D eigenvalue weighted by Crippen LogP contribution is -2.40. The van der Waals surface area contributed by atoms with Gasteiger partial charge < -0.3 is 4.90 Å². The van der Waals surface area contributed by atoms with Gasteiger partial charge in [-0.1, -0.05) is 26.7 Å². The molecule has 1 aromatic rings. The summed E-state index contributed by atoms with van der Waals surface area (Å²) in [6.07, 6.45) is 4.88. The van der Waals surface area contributed by atoms with Crippen LogP contribution in [0.4, 0.5) is 5.95 Å². The molecule has 4 nitrogen and oxygen atoms in total. The summed E-state index contributed by atoms with van der Waals surface area (Å²) in [5.74, 6) is 0.720. The molecule has 0 aliphatic carbocycles. The summed E-state index contributed by atoms with van der Waals surface area (Å²) in [5, 5.41) is 8.99. The Labute approximate surface area is 115 Å². The number of nitrogens with zero attached hydrogens (tertiary/aromatic N) is 4. The van der Waals surface area contributed by atoms with Crippen LogP contribution < -0.4 is 4.90 Å². The van der Waals surface area contributed by atoms with Crippen molar-refractivity contribution in [3.8, 4) is 6.07 Å². The summed E-state index contributed by atoms with van der Waals surface area (Å²) in [6.45, 7) is 8.48. The van der Waals surface area contributed by atoms with Crippen molar-refractivity contribution < 1.29 is 0 Å². The van der Waals surface area contributed by atoms with Gasteiger partial charge in [0.25, 0.3) is 0 Å². The quantitative estimate of drug-likeness (QED) is 0.836. The van der Waals surface area contributed by atoms with Gasteiger partial charge in [-0.15, -0.1) is 0 Å². The zero-order valence-corrected chi connectivity index (χ0v) is 12.1. The first-order chi connectivity index (χ1) is 9.12. The van der Waals surface area contributed by atoms with Crippen LogP contribution in [0.3, 0.4) is 0 Å². The van der Waals surface area contributed by atoms with E-state index in [2.05, 4.69) is 34.8 Å². The van der Waals surface area contributed by atoms with E-state index in [9.17, 15) is 0 Å². The molecule has 0 radical (unpaired) electrons. The van der Waals surface area contributed by atoms with Gasteiger partial charge in [0.15, 0.2) is 0 Å². The van der Waals surface area contributed by atoms with Gasteiger partial charge >= 0.3 is 0 Å². The molecule has 4 heteroatoms. The fourth-order valence-electron chi connectivity index (χ4n) is 2.89. The first kappa shape index (κ1) is 13.8. The zero-order chi connectivity index (χ0) is 13.9. The van der Waals surface area contributed by atoms with Gasteiger partial charge in [-0.05, 0) is 31.2 Å². The Bertz CT molecular complexity index is 475. The van der Waals surface area contributed by atoms with Crippen LogP contribution in [-0.2, 0) is 0 Å². The van der Waals surface area contributed by atoms with Gasteiger partial charge in [0.1, 0.15) is 11.8 Å². The Kier molecular flexibility index (Phi) is 4.04. The topological polar surface area (TPSA) is 52.8 Å². The SMILES string of the molecule is CCC1(CC)CCN(c2nc(C)cc(C#N)n2)CC1. The largest absolute Gasteiger partial charge is 0.341 e. The first-order valence-corrected chi connectivity index (χ1v) is 7.13. The van der Waals surface area contributed by atoms with Crippen LogP contribution in [0.25, 0.3) is 0 Å². The first-order valence-electron chi connectivity index (χ1n) is 7.13. The number of piperidine rings is 1. The van der Waals surface area contributed by atoms with Crippen LogP contribution in [0.5, 0.6) is 0 Å². The van der Waals surface area contributed by atoms with Crippen molar-refractivity contribution in [3.63, 3.8) is 0 Å². The number of aromatic nitrogens is 2. The molecular formula is C15H22N4. The number of hydrogen-bond donors (Lipinski definition) is 0. The number of aryl methyl sites for hydroxylation is 1. The van der Waals surface area contributed by atoms with Crippen LogP contribution in [0, 0.1) is 23.7 Å². The molecule has 0 saturated carbocycles. The lowest BCUT2D eigenvalue weighted by molar-refractivity contribution is 0.198. The second kappa shape index (κ2) is 5.56. The van der Waals surface area contributed by atoms with Crippen molar-refractivity contribution in [2.24, 2.45) is 5.41 Å². The standard InChI is InChI=1S/C15H22N4/c1-4-15(5-2)6-8-19(9-7-15)14-17-12(3)10-13(11-16)18-14/h10H,4-9H2,1-3H3. The molecule has 102 valence electrons. The summed E-state index contributed by atoms with van der Waals surface area (Å²) in [6, 6.07) is 3.84. The van der Waals surface area contributed by atoms with E-state index in [1.54, 1.807) is 6.07 Å². The third-order valence-electron chi connectivity index (χ3n) is 4.56. The van der Waals surface area contributed by atoms with Gasteiger partial charge in [-0.25, -0.2) is 9.97 Å². The van der Waals surface area contributed by atoms with Gasteiger partial charge in [0.05, 0.1) is 0 Å². The molecule has 19 heavy (non-hydrogen) atoms. The molecule has 1 aliphatic rings. The van der Waals surface area contributed by atoms with E-state index in [-0.39, 0.29) is 0 Å². The number of nitriles is 1. The maximum Gasteiger partial charge on any atom is 0.226 e. The highest BCUT2D eigenvalue weighted by atomic mass is 15.3.